The first-order valence-corrected chi connectivity index (χ1v) is 6.72. The van der Waals surface area contributed by atoms with E-state index in [1.807, 2.05) is 13.8 Å². The molecule has 0 radical (unpaired) electrons. The van der Waals surface area contributed by atoms with Gasteiger partial charge in [-0.15, -0.1) is 0 Å². The summed E-state index contributed by atoms with van der Waals surface area (Å²) in [5.74, 6) is 0. The molecule has 92 valence electrons. The van der Waals surface area contributed by atoms with Crippen LogP contribution in [0.4, 0.5) is 0 Å². The van der Waals surface area contributed by atoms with Gasteiger partial charge in [-0.3, -0.25) is 0 Å². The molecule has 0 atom stereocenters. The Morgan fingerprint density at radius 3 is 2.20 bits per heavy atom. The zero-order valence-corrected chi connectivity index (χ0v) is 10.6. The molecule has 0 bridgehead atoms. The third kappa shape index (κ3) is 4.46. The van der Waals surface area contributed by atoms with Crippen molar-refractivity contribution >= 4 is 10.2 Å². The predicted molar refractivity (Wildman–Crippen MR) is 60.8 cm³/mol. The maximum atomic E-state index is 11.9. The Morgan fingerprint density at radius 1 is 1.20 bits per heavy atom. The van der Waals surface area contributed by atoms with E-state index in [0.29, 0.717) is 26.1 Å². The number of nitrogens with zero attached hydrogens (tertiary/aromatic N) is 2. The minimum atomic E-state index is -3.33. The lowest BCUT2D eigenvalue weighted by molar-refractivity contribution is 0.271. The number of aliphatic hydroxyl groups is 1. The Kier molecular flexibility index (Phi) is 7.08. The van der Waals surface area contributed by atoms with E-state index in [0.717, 1.165) is 6.42 Å². The Labute approximate surface area is 92.9 Å². The molecular formula is C9H22N2O3S. The largest absolute Gasteiger partial charge is 0.396 e. The maximum absolute atomic E-state index is 11.9. The van der Waals surface area contributed by atoms with Gasteiger partial charge in [-0.1, -0.05) is 13.8 Å². The molecule has 0 saturated heterocycles. The average Bonchev–Trinajstić information content (AvgIpc) is 2.21. The van der Waals surface area contributed by atoms with Crippen molar-refractivity contribution in [3.63, 3.8) is 0 Å². The maximum Gasteiger partial charge on any atom is 0.281 e. The van der Waals surface area contributed by atoms with Gasteiger partial charge in [0.2, 0.25) is 0 Å². The molecule has 5 nitrogen and oxygen atoms in total. The van der Waals surface area contributed by atoms with E-state index >= 15 is 0 Å². The molecular weight excluding hydrogens is 216 g/mol. The van der Waals surface area contributed by atoms with Gasteiger partial charge in [0.1, 0.15) is 0 Å². The smallest absolute Gasteiger partial charge is 0.281 e. The first-order valence-electron chi connectivity index (χ1n) is 5.32. The lowest BCUT2D eigenvalue weighted by Gasteiger charge is -2.26. The number of rotatable bonds is 8. The number of hydrogen-bond acceptors (Lipinski definition) is 3. The summed E-state index contributed by atoms with van der Waals surface area (Å²) in [5, 5.41) is 8.64. The van der Waals surface area contributed by atoms with E-state index in [1.165, 1.54) is 8.61 Å². The molecule has 0 aromatic carbocycles. The highest BCUT2D eigenvalue weighted by Crippen LogP contribution is 2.07. The molecule has 0 aliphatic rings. The highest BCUT2D eigenvalue weighted by atomic mass is 32.2. The van der Waals surface area contributed by atoms with Gasteiger partial charge in [-0.05, 0) is 12.8 Å². The van der Waals surface area contributed by atoms with Crippen LogP contribution in [0.25, 0.3) is 0 Å². The van der Waals surface area contributed by atoms with Crippen LogP contribution in [-0.2, 0) is 10.2 Å². The van der Waals surface area contributed by atoms with Gasteiger partial charge >= 0.3 is 0 Å². The van der Waals surface area contributed by atoms with Crippen LogP contribution in [0.2, 0.25) is 0 Å². The van der Waals surface area contributed by atoms with E-state index in [2.05, 4.69) is 0 Å². The summed E-state index contributed by atoms with van der Waals surface area (Å²) < 4.78 is 26.6. The van der Waals surface area contributed by atoms with Crippen LogP contribution in [0.15, 0.2) is 0 Å². The quantitative estimate of drug-likeness (QED) is 0.660. The lowest BCUT2D eigenvalue weighted by atomic mass is 10.5. The summed E-state index contributed by atoms with van der Waals surface area (Å²) in [5.41, 5.74) is 0. The van der Waals surface area contributed by atoms with E-state index in [4.69, 9.17) is 5.11 Å². The normalized spacial score (nSPS) is 12.7. The van der Waals surface area contributed by atoms with Crippen molar-refractivity contribution in [1.29, 1.82) is 0 Å². The van der Waals surface area contributed by atoms with Gasteiger partial charge in [0, 0.05) is 33.3 Å². The van der Waals surface area contributed by atoms with Gasteiger partial charge in [0.05, 0.1) is 0 Å². The van der Waals surface area contributed by atoms with Gasteiger partial charge in [-0.25, -0.2) is 0 Å². The van der Waals surface area contributed by atoms with Crippen LogP contribution in [0.5, 0.6) is 0 Å². The molecule has 0 aliphatic carbocycles. The molecule has 0 aromatic rings. The fourth-order valence-corrected chi connectivity index (χ4v) is 2.79. The second-order valence-corrected chi connectivity index (χ2v) is 5.43. The highest BCUT2D eigenvalue weighted by molar-refractivity contribution is 7.86. The Hall–Kier alpha value is -0.170. The average molecular weight is 238 g/mol. The number of aliphatic hydroxyl groups excluding tert-OH is 1. The van der Waals surface area contributed by atoms with Gasteiger partial charge in [0.25, 0.3) is 10.2 Å². The highest BCUT2D eigenvalue weighted by Gasteiger charge is 2.24. The summed E-state index contributed by atoms with van der Waals surface area (Å²) in [6, 6.07) is 0. The fraction of sp³-hybridized carbons (Fsp3) is 1.00. The van der Waals surface area contributed by atoms with Gasteiger partial charge < -0.3 is 5.11 Å². The zero-order valence-electron chi connectivity index (χ0n) is 9.81. The molecule has 0 fully saturated rings. The first-order chi connectivity index (χ1) is 7.00. The predicted octanol–water partition coefficient (Wildman–Crippen LogP) is 0.277. The van der Waals surface area contributed by atoms with Crippen molar-refractivity contribution in [2.75, 3.05) is 33.3 Å². The second-order valence-electron chi connectivity index (χ2n) is 3.40. The second kappa shape index (κ2) is 7.16. The Balaban J connectivity index is 4.48. The molecule has 0 aliphatic heterocycles. The van der Waals surface area contributed by atoms with Crippen LogP contribution in [0.3, 0.4) is 0 Å². The summed E-state index contributed by atoms with van der Waals surface area (Å²) in [6.45, 7) is 5.18. The summed E-state index contributed by atoms with van der Waals surface area (Å²) in [4.78, 5) is 0. The van der Waals surface area contributed by atoms with Gasteiger partial charge in [-0.2, -0.15) is 17.0 Å². The van der Waals surface area contributed by atoms with Crippen molar-refractivity contribution in [2.24, 2.45) is 0 Å². The number of hydrogen-bond donors (Lipinski definition) is 1. The summed E-state index contributed by atoms with van der Waals surface area (Å²) >= 11 is 0. The molecule has 0 rings (SSSR count). The summed E-state index contributed by atoms with van der Waals surface area (Å²) in [6.07, 6.45) is 1.28. The first kappa shape index (κ1) is 14.8. The van der Waals surface area contributed by atoms with Crippen molar-refractivity contribution in [2.45, 2.75) is 26.7 Å². The molecule has 0 aromatic heterocycles. The summed E-state index contributed by atoms with van der Waals surface area (Å²) in [7, 11) is -1.79. The van der Waals surface area contributed by atoms with Crippen LogP contribution >= 0.6 is 0 Å². The Morgan fingerprint density at radius 2 is 1.80 bits per heavy atom. The molecule has 6 heteroatoms. The fourth-order valence-electron chi connectivity index (χ4n) is 1.29. The van der Waals surface area contributed by atoms with Crippen LogP contribution in [0.1, 0.15) is 26.7 Å². The van der Waals surface area contributed by atoms with Gasteiger partial charge in [0.15, 0.2) is 0 Å². The van der Waals surface area contributed by atoms with E-state index < -0.39 is 10.2 Å². The molecule has 0 saturated carbocycles. The Bertz CT molecular complexity index is 254. The molecule has 0 heterocycles. The molecule has 1 N–H and O–H groups in total. The van der Waals surface area contributed by atoms with Crippen molar-refractivity contribution in [3.8, 4) is 0 Å². The third-order valence-electron chi connectivity index (χ3n) is 2.18. The topological polar surface area (TPSA) is 60.9 Å². The third-order valence-corrected chi connectivity index (χ3v) is 4.24. The van der Waals surface area contributed by atoms with Crippen molar-refractivity contribution in [3.05, 3.63) is 0 Å². The van der Waals surface area contributed by atoms with Crippen molar-refractivity contribution in [1.82, 2.24) is 8.61 Å². The standard InChI is InChI=1S/C9H22N2O3S/c1-4-7-11(5-2)15(13,14)10(3)8-6-9-12/h12H,4-9H2,1-3H3. The van der Waals surface area contributed by atoms with E-state index in [1.54, 1.807) is 7.05 Å². The van der Waals surface area contributed by atoms with Crippen molar-refractivity contribution < 1.29 is 13.5 Å². The van der Waals surface area contributed by atoms with Crippen LogP contribution in [-0.4, -0.2) is 55.4 Å². The molecule has 15 heavy (non-hydrogen) atoms. The van der Waals surface area contributed by atoms with Crippen LogP contribution in [0, 0.1) is 0 Å². The zero-order chi connectivity index (χ0) is 11.9. The SMILES string of the molecule is CCCN(CC)S(=O)(=O)N(C)CCCO. The lowest BCUT2D eigenvalue weighted by Crippen LogP contribution is -2.42. The molecule has 0 spiro atoms. The monoisotopic (exact) mass is 238 g/mol. The van der Waals surface area contributed by atoms with E-state index in [9.17, 15) is 8.42 Å². The minimum absolute atomic E-state index is 0.0137. The minimum Gasteiger partial charge on any atom is -0.396 e. The molecule has 0 amide bonds. The molecule has 0 unspecified atom stereocenters. The van der Waals surface area contributed by atoms with E-state index in [-0.39, 0.29) is 6.61 Å². The van der Waals surface area contributed by atoms with Crippen LogP contribution < -0.4 is 0 Å².